The number of carbonyl (C=O) groups is 1. The number of hydrogen-bond donors (Lipinski definition) is 2. The molecule has 1 aliphatic rings. The Morgan fingerprint density at radius 2 is 1.81 bits per heavy atom. The predicted molar refractivity (Wildman–Crippen MR) is 108 cm³/mol. The highest BCUT2D eigenvalue weighted by Crippen LogP contribution is 2.21. The normalized spacial score (nSPS) is 15.6. The molecule has 0 unspecified atom stereocenters. The molecule has 0 aromatic heterocycles. The fraction of sp³-hybridized carbons (Fsp3) is 0.611. The SMILES string of the molecule is COCCNCCNC(=O)c1cccc(S(=O)(=O)N2CCCCCC2)c1.Cl. The van der Waals surface area contributed by atoms with E-state index in [9.17, 15) is 13.2 Å². The topological polar surface area (TPSA) is 87.7 Å². The molecular formula is C18H30ClN3O4S. The molecule has 154 valence electrons. The lowest BCUT2D eigenvalue weighted by molar-refractivity contribution is 0.0953. The molecule has 0 spiro atoms. The van der Waals surface area contributed by atoms with Crippen LogP contribution in [0.25, 0.3) is 0 Å². The molecule has 2 N–H and O–H groups in total. The Hall–Kier alpha value is -1.19. The van der Waals surface area contributed by atoms with Crippen LogP contribution < -0.4 is 10.6 Å². The largest absolute Gasteiger partial charge is 0.383 e. The number of rotatable bonds is 9. The van der Waals surface area contributed by atoms with Gasteiger partial charge in [-0.05, 0) is 31.0 Å². The molecule has 0 saturated carbocycles. The van der Waals surface area contributed by atoms with E-state index in [-0.39, 0.29) is 23.2 Å². The van der Waals surface area contributed by atoms with Gasteiger partial charge in [0.05, 0.1) is 11.5 Å². The molecule has 1 amide bonds. The number of methoxy groups -OCH3 is 1. The van der Waals surface area contributed by atoms with Crippen molar-refractivity contribution in [2.24, 2.45) is 0 Å². The maximum absolute atomic E-state index is 12.8. The number of hydrogen-bond acceptors (Lipinski definition) is 5. The van der Waals surface area contributed by atoms with Crippen molar-refractivity contribution in [2.45, 2.75) is 30.6 Å². The number of carbonyl (C=O) groups excluding carboxylic acids is 1. The predicted octanol–water partition coefficient (Wildman–Crippen LogP) is 1.64. The number of amides is 1. The van der Waals surface area contributed by atoms with Crippen LogP contribution in [0.15, 0.2) is 29.2 Å². The molecule has 1 fully saturated rings. The van der Waals surface area contributed by atoms with Gasteiger partial charge in [0.2, 0.25) is 10.0 Å². The molecule has 1 heterocycles. The van der Waals surface area contributed by atoms with Gasteiger partial charge in [0.25, 0.3) is 5.91 Å². The highest BCUT2D eigenvalue weighted by atomic mass is 35.5. The number of sulfonamides is 1. The Kier molecular flexibility index (Phi) is 10.9. The first kappa shape index (κ1) is 23.8. The van der Waals surface area contributed by atoms with E-state index < -0.39 is 10.0 Å². The third kappa shape index (κ3) is 7.38. The first-order valence-corrected chi connectivity index (χ1v) is 10.6. The van der Waals surface area contributed by atoms with E-state index in [2.05, 4.69) is 10.6 Å². The molecule has 0 atom stereocenters. The van der Waals surface area contributed by atoms with Gasteiger partial charge < -0.3 is 15.4 Å². The summed E-state index contributed by atoms with van der Waals surface area (Å²) in [6, 6.07) is 6.28. The van der Waals surface area contributed by atoms with Crippen LogP contribution in [0.2, 0.25) is 0 Å². The molecule has 0 aliphatic carbocycles. The van der Waals surface area contributed by atoms with Gasteiger partial charge in [-0.3, -0.25) is 4.79 Å². The van der Waals surface area contributed by atoms with Crippen molar-refractivity contribution in [2.75, 3.05) is 46.4 Å². The van der Waals surface area contributed by atoms with Gasteiger partial charge in [-0.1, -0.05) is 18.9 Å². The maximum atomic E-state index is 12.8. The Bertz CT molecular complexity index is 677. The second-order valence-electron chi connectivity index (χ2n) is 6.34. The summed E-state index contributed by atoms with van der Waals surface area (Å²) in [7, 11) is -1.91. The van der Waals surface area contributed by atoms with Gasteiger partial charge in [-0.15, -0.1) is 12.4 Å². The zero-order valence-electron chi connectivity index (χ0n) is 15.8. The van der Waals surface area contributed by atoms with E-state index in [1.54, 1.807) is 25.3 Å². The van der Waals surface area contributed by atoms with Crippen LogP contribution in [0.1, 0.15) is 36.0 Å². The van der Waals surface area contributed by atoms with Crippen molar-refractivity contribution in [3.63, 3.8) is 0 Å². The minimum Gasteiger partial charge on any atom is -0.383 e. The maximum Gasteiger partial charge on any atom is 0.251 e. The van der Waals surface area contributed by atoms with Crippen molar-refractivity contribution in [3.8, 4) is 0 Å². The van der Waals surface area contributed by atoms with Crippen molar-refractivity contribution in [1.82, 2.24) is 14.9 Å². The van der Waals surface area contributed by atoms with E-state index in [1.165, 1.54) is 10.4 Å². The van der Waals surface area contributed by atoms with Crippen LogP contribution in [0.3, 0.4) is 0 Å². The summed E-state index contributed by atoms with van der Waals surface area (Å²) in [6.07, 6.45) is 3.89. The van der Waals surface area contributed by atoms with Gasteiger partial charge in [0.1, 0.15) is 0 Å². The van der Waals surface area contributed by atoms with Gasteiger partial charge in [0, 0.05) is 45.4 Å². The smallest absolute Gasteiger partial charge is 0.251 e. The zero-order valence-corrected chi connectivity index (χ0v) is 17.4. The molecule has 1 aliphatic heterocycles. The molecular weight excluding hydrogens is 390 g/mol. The summed E-state index contributed by atoms with van der Waals surface area (Å²) in [5.74, 6) is -0.272. The molecule has 1 aromatic rings. The van der Waals surface area contributed by atoms with E-state index >= 15 is 0 Å². The molecule has 7 nitrogen and oxygen atoms in total. The summed E-state index contributed by atoms with van der Waals surface area (Å²) in [5, 5.41) is 5.93. The molecule has 27 heavy (non-hydrogen) atoms. The molecule has 1 saturated heterocycles. The molecule has 9 heteroatoms. The van der Waals surface area contributed by atoms with Crippen LogP contribution >= 0.6 is 12.4 Å². The highest BCUT2D eigenvalue weighted by Gasteiger charge is 2.25. The Balaban J connectivity index is 0.00000364. The van der Waals surface area contributed by atoms with Crippen LogP contribution in [0.5, 0.6) is 0 Å². The lowest BCUT2D eigenvalue weighted by atomic mass is 10.2. The van der Waals surface area contributed by atoms with Crippen LogP contribution in [-0.2, 0) is 14.8 Å². The quantitative estimate of drug-likeness (QED) is 0.594. The van der Waals surface area contributed by atoms with Gasteiger partial charge in [-0.25, -0.2) is 8.42 Å². The first-order valence-electron chi connectivity index (χ1n) is 9.14. The van der Waals surface area contributed by atoms with Gasteiger partial charge in [-0.2, -0.15) is 4.31 Å². The zero-order chi connectivity index (χ0) is 18.8. The van der Waals surface area contributed by atoms with Crippen molar-refractivity contribution < 1.29 is 17.9 Å². The minimum absolute atomic E-state index is 0. The van der Waals surface area contributed by atoms with Crippen molar-refractivity contribution >= 4 is 28.3 Å². The van der Waals surface area contributed by atoms with E-state index in [1.807, 2.05) is 0 Å². The number of halogens is 1. The van der Waals surface area contributed by atoms with Crippen LogP contribution in [0.4, 0.5) is 0 Å². The Morgan fingerprint density at radius 1 is 1.11 bits per heavy atom. The second-order valence-corrected chi connectivity index (χ2v) is 8.28. The fourth-order valence-electron chi connectivity index (χ4n) is 2.89. The standard InChI is InChI=1S/C18H29N3O4S.ClH/c1-25-14-11-19-9-10-20-18(22)16-7-6-8-17(15-16)26(23,24)21-12-4-2-3-5-13-21;/h6-8,15,19H,2-5,9-14H2,1H3,(H,20,22);1H. The number of nitrogens with zero attached hydrogens (tertiary/aromatic N) is 1. The molecule has 2 rings (SSSR count). The third-order valence-electron chi connectivity index (χ3n) is 4.37. The van der Waals surface area contributed by atoms with Gasteiger partial charge in [0.15, 0.2) is 0 Å². The van der Waals surface area contributed by atoms with Crippen LogP contribution in [-0.4, -0.2) is 65.1 Å². The first-order chi connectivity index (χ1) is 12.6. The highest BCUT2D eigenvalue weighted by molar-refractivity contribution is 7.89. The third-order valence-corrected chi connectivity index (χ3v) is 6.26. The van der Waals surface area contributed by atoms with Crippen molar-refractivity contribution in [3.05, 3.63) is 29.8 Å². The summed E-state index contributed by atoms with van der Waals surface area (Å²) in [6.45, 7) is 3.52. The monoisotopic (exact) mass is 419 g/mol. The summed E-state index contributed by atoms with van der Waals surface area (Å²) < 4.78 is 32.2. The summed E-state index contributed by atoms with van der Waals surface area (Å²) in [5.41, 5.74) is 0.359. The lowest BCUT2D eigenvalue weighted by Crippen LogP contribution is -2.34. The average molecular weight is 420 g/mol. The second kappa shape index (κ2) is 12.3. The molecule has 0 radical (unpaired) electrons. The number of ether oxygens (including phenoxy) is 1. The minimum atomic E-state index is -3.55. The van der Waals surface area contributed by atoms with E-state index in [0.29, 0.717) is 38.3 Å². The summed E-state index contributed by atoms with van der Waals surface area (Å²) >= 11 is 0. The van der Waals surface area contributed by atoms with E-state index in [4.69, 9.17) is 4.74 Å². The van der Waals surface area contributed by atoms with Gasteiger partial charge >= 0.3 is 0 Å². The van der Waals surface area contributed by atoms with E-state index in [0.717, 1.165) is 32.2 Å². The average Bonchev–Trinajstić information content (AvgIpc) is 2.94. The Morgan fingerprint density at radius 3 is 2.48 bits per heavy atom. The summed E-state index contributed by atoms with van der Waals surface area (Å²) in [4.78, 5) is 12.5. The lowest BCUT2D eigenvalue weighted by Gasteiger charge is -2.20. The molecule has 1 aromatic carbocycles. The number of benzene rings is 1. The Labute approximate surface area is 168 Å². The number of nitrogens with one attached hydrogen (secondary N) is 2. The fourth-order valence-corrected chi connectivity index (χ4v) is 4.46. The van der Waals surface area contributed by atoms with Crippen LogP contribution in [0, 0.1) is 0 Å². The van der Waals surface area contributed by atoms with Crippen molar-refractivity contribution in [1.29, 1.82) is 0 Å². The molecule has 0 bridgehead atoms.